The molecule has 1 rings (SSSR count). The highest BCUT2D eigenvalue weighted by atomic mass is 32.2. The molecule has 0 aromatic rings. The fourth-order valence-corrected chi connectivity index (χ4v) is 2.17. The molecule has 0 saturated heterocycles. The smallest absolute Gasteiger partial charge is 0.216 e. The topological polar surface area (TPSA) is 72.2 Å². The van der Waals surface area contributed by atoms with E-state index in [-0.39, 0.29) is 5.54 Å². The van der Waals surface area contributed by atoms with Crippen molar-refractivity contribution < 1.29 is 8.42 Å². The summed E-state index contributed by atoms with van der Waals surface area (Å²) < 4.78 is 25.2. The van der Waals surface area contributed by atoms with Gasteiger partial charge in [0.25, 0.3) is 0 Å². The number of nitrogens with two attached hydrogens (primary N) is 1. The molecule has 4 nitrogen and oxygen atoms in total. The Hall–Kier alpha value is -0.130. The third kappa shape index (κ3) is 2.46. The monoisotopic (exact) mass is 220 g/mol. The van der Waals surface area contributed by atoms with E-state index in [1.54, 1.807) is 20.8 Å². The second-order valence-electron chi connectivity index (χ2n) is 5.15. The largest absolute Gasteiger partial charge is 0.324 e. The number of hydrogen-bond donors (Lipinski definition) is 2. The van der Waals surface area contributed by atoms with Crippen LogP contribution in [0.1, 0.15) is 40.0 Å². The summed E-state index contributed by atoms with van der Waals surface area (Å²) in [6.07, 6.45) is 2.94. The highest BCUT2D eigenvalue weighted by Crippen LogP contribution is 2.28. The highest BCUT2D eigenvalue weighted by Gasteiger charge is 2.36. The van der Waals surface area contributed by atoms with Crippen LogP contribution in [0.4, 0.5) is 0 Å². The lowest BCUT2D eigenvalue weighted by molar-refractivity contribution is 0.250. The Bertz CT molecular complexity index is 299. The lowest BCUT2D eigenvalue weighted by Crippen LogP contribution is -2.56. The van der Waals surface area contributed by atoms with Crippen LogP contribution in [-0.4, -0.2) is 25.2 Å². The van der Waals surface area contributed by atoms with Crippen molar-refractivity contribution in [3.8, 4) is 0 Å². The Kier molecular flexibility index (Phi) is 2.96. The van der Waals surface area contributed by atoms with Crippen molar-refractivity contribution in [2.75, 3.05) is 6.54 Å². The molecular formula is C9H20N2O2S. The van der Waals surface area contributed by atoms with E-state index in [9.17, 15) is 8.42 Å². The zero-order chi connectivity index (χ0) is 11.0. The Morgan fingerprint density at radius 3 is 2.14 bits per heavy atom. The first kappa shape index (κ1) is 11.9. The molecule has 84 valence electrons. The molecule has 0 bridgehead atoms. The van der Waals surface area contributed by atoms with E-state index in [1.165, 1.54) is 0 Å². The molecule has 5 heteroatoms. The Morgan fingerprint density at radius 1 is 1.36 bits per heavy atom. The quantitative estimate of drug-likeness (QED) is 0.731. The van der Waals surface area contributed by atoms with Gasteiger partial charge in [-0.1, -0.05) is 0 Å². The molecule has 0 spiro atoms. The van der Waals surface area contributed by atoms with Gasteiger partial charge in [-0.2, -0.15) is 0 Å². The molecule has 0 aromatic heterocycles. The van der Waals surface area contributed by atoms with Gasteiger partial charge in [-0.15, -0.1) is 0 Å². The Labute approximate surface area is 86.3 Å². The number of rotatable bonds is 3. The number of hydrogen-bond acceptors (Lipinski definition) is 3. The SMILES string of the molecule is CC(C)(C)S(=O)(=O)NCC1(N)CCC1. The summed E-state index contributed by atoms with van der Waals surface area (Å²) in [6, 6.07) is 0. The van der Waals surface area contributed by atoms with Crippen LogP contribution in [0.3, 0.4) is 0 Å². The predicted octanol–water partition coefficient (Wildman–Crippen LogP) is 0.586. The van der Waals surface area contributed by atoms with Crippen LogP contribution in [0.5, 0.6) is 0 Å². The first-order valence-electron chi connectivity index (χ1n) is 4.94. The van der Waals surface area contributed by atoms with Gasteiger partial charge < -0.3 is 5.73 Å². The zero-order valence-electron chi connectivity index (χ0n) is 9.13. The minimum absolute atomic E-state index is 0.293. The lowest BCUT2D eigenvalue weighted by atomic mass is 9.78. The van der Waals surface area contributed by atoms with Crippen LogP contribution in [0.25, 0.3) is 0 Å². The fourth-order valence-electron chi connectivity index (χ4n) is 1.26. The summed E-state index contributed by atoms with van der Waals surface area (Å²) in [5.74, 6) is 0. The number of sulfonamides is 1. The minimum atomic E-state index is -3.24. The van der Waals surface area contributed by atoms with Gasteiger partial charge >= 0.3 is 0 Å². The van der Waals surface area contributed by atoms with Crippen molar-refractivity contribution in [2.24, 2.45) is 5.73 Å². The van der Waals surface area contributed by atoms with Crippen molar-refractivity contribution >= 4 is 10.0 Å². The zero-order valence-corrected chi connectivity index (χ0v) is 9.95. The molecule has 0 heterocycles. The van der Waals surface area contributed by atoms with Gasteiger partial charge in [0, 0.05) is 12.1 Å². The first-order chi connectivity index (χ1) is 6.16. The molecule has 0 radical (unpaired) electrons. The fraction of sp³-hybridized carbons (Fsp3) is 1.00. The van der Waals surface area contributed by atoms with Gasteiger partial charge in [0.1, 0.15) is 0 Å². The summed E-state index contributed by atoms with van der Waals surface area (Å²) in [5, 5.41) is 0. The van der Waals surface area contributed by atoms with E-state index < -0.39 is 14.8 Å². The highest BCUT2D eigenvalue weighted by molar-refractivity contribution is 7.90. The molecule has 0 aromatic carbocycles. The summed E-state index contributed by atoms with van der Waals surface area (Å²) >= 11 is 0. The third-order valence-electron chi connectivity index (χ3n) is 2.77. The summed E-state index contributed by atoms with van der Waals surface area (Å²) in [6.45, 7) is 5.41. The van der Waals surface area contributed by atoms with Crippen molar-refractivity contribution in [1.29, 1.82) is 0 Å². The maximum atomic E-state index is 11.7. The second-order valence-corrected chi connectivity index (χ2v) is 7.67. The summed E-state index contributed by atoms with van der Waals surface area (Å²) in [4.78, 5) is 0. The van der Waals surface area contributed by atoms with Gasteiger partial charge in [0.15, 0.2) is 0 Å². The van der Waals surface area contributed by atoms with Crippen molar-refractivity contribution in [3.05, 3.63) is 0 Å². The molecule has 14 heavy (non-hydrogen) atoms. The maximum absolute atomic E-state index is 11.7. The van der Waals surface area contributed by atoms with E-state index in [4.69, 9.17) is 5.73 Å². The van der Waals surface area contributed by atoms with Gasteiger partial charge in [0.2, 0.25) is 10.0 Å². The van der Waals surface area contributed by atoms with Crippen molar-refractivity contribution in [2.45, 2.75) is 50.3 Å². The molecule has 0 amide bonds. The van der Waals surface area contributed by atoms with E-state index in [1.807, 2.05) is 0 Å². The predicted molar refractivity (Wildman–Crippen MR) is 57.4 cm³/mol. The average Bonchev–Trinajstić information content (AvgIpc) is 1.95. The van der Waals surface area contributed by atoms with Crippen molar-refractivity contribution in [3.63, 3.8) is 0 Å². The molecule has 0 unspecified atom stereocenters. The van der Waals surface area contributed by atoms with Crippen molar-refractivity contribution in [1.82, 2.24) is 4.72 Å². The maximum Gasteiger partial charge on any atom is 0.216 e. The summed E-state index contributed by atoms with van der Waals surface area (Å²) in [7, 11) is -3.24. The molecule has 1 aliphatic carbocycles. The average molecular weight is 220 g/mol. The van der Waals surface area contributed by atoms with Crippen LogP contribution >= 0.6 is 0 Å². The van der Waals surface area contributed by atoms with Crippen LogP contribution in [0.15, 0.2) is 0 Å². The molecule has 0 atom stereocenters. The van der Waals surface area contributed by atoms with Gasteiger partial charge in [-0.3, -0.25) is 0 Å². The Morgan fingerprint density at radius 2 is 1.86 bits per heavy atom. The normalized spacial score (nSPS) is 21.7. The van der Waals surface area contributed by atoms with E-state index in [0.717, 1.165) is 19.3 Å². The van der Waals surface area contributed by atoms with Gasteiger partial charge in [-0.05, 0) is 40.0 Å². The van der Waals surface area contributed by atoms with E-state index in [0.29, 0.717) is 6.54 Å². The van der Waals surface area contributed by atoms with Crippen LogP contribution < -0.4 is 10.5 Å². The molecule has 1 aliphatic rings. The van der Waals surface area contributed by atoms with E-state index >= 15 is 0 Å². The van der Waals surface area contributed by atoms with Crippen LogP contribution in [-0.2, 0) is 10.0 Å². The van der Waals surface area contributed by atoms with Gasteiger partial charge in [-0.25, -0.2) is 13.1 Å². The minimum Gasteiger partial charge on any atom is -0.324 e. The number of nitrogens with one attached hydrogen (secondary N) is 1. The lowest BCUT2D eigenvalue weighted by Gasteiger charge is -2.38. The first-order valence-corrected chi connectivity index (χ1v) is 6.43. The van der Waals surface area contributed by atoms with Gasteiger partial charge in [0.05, 0.1) is 4.75 Å². The summed E-state index contributed by atoms with van der Waals surface area (Å²) in [5.41, 5.74) is 5.63. The molecule has 1 saturated carbocycles. The second kappa shape index (κ2) is 3.47. The standard InChI is InChI=1S/C9H20N2O2S/c1-8(2,3)14(12,13)11-7-9(10)5-4-6-9/h11H,4-7,10H2,1-3H3. The van der Waals surface area contributed by atoms with E-state index in [2.05, 4.69) is 4.72 Å². The molecular weight excluding hydrogens is 200 g/mol. The van der Waals surface area contributed by atoms with Crippen LogP contribution in [0.2, 0.25) is 0 Å². The molecule has 3 N–H and O–H groups in total. The molecule has 0 aliphatic heterocycles. The molecule has 1 fully saturated rings. The Balaban J connectivity index is 2.53. The third-order valence-corrected chi connectivity index (χ3v) is 4.91. The van der Waals surface area contributed by atoms with Crippen LogP contribution in [0, 0.1) is 0 Å².